The number of benzene rings is 4. The number of para-hydroxylation sites is 1. The van der Waals surface area contributed by atoms with E-state index in [1.54, 1.807) is 23.1 Å². The Kier molecular flexibility index (Phi) is 5.78. The molecule has 4 aromatic carbocycles. The first-order valence-corrected chi connectivity index (χ1v) is 11.3. The van der Waals surface area contributed by atoms with Gasteiger partial charge in [-0.05, 0) is 47.0 Å². The van der Waals surface area contributed by atoms with E-state index in [9.17, 15) is 14.7 Å². The second-order valence-electron chi connectivity index (χ2n) is 8.08. The Bertz CT molecular complexity index is 1430. The third-order valence-corrected chi connectivity index (χ3v) is 6.20. The highest BCUT2D eigenvalue weighted by atomic mass is 32.1. The Labute approximate surface area is 203 Å². The molecule has 0 saturated heterocycles. The molecular formula is C29H21NO3S. The molecule has 4 nitrogen and oxygen atoms in total. The SMILES string of the molecule is O=C(O)c1cccc(CN2C(=O)C(=C(c3ccccc3)c3ccc(S)cc3)c3ccccc32)c1. The predicted molar refractivity (Wildman–Crippen MR) is 137 cm³/mol. The third kappa shape index (κ3) is 4.02. The van der Waals surface area contributed by atoms with E-state index in [2.05, 4.69) is 12.6 Å². The molecule has 34 heavy (non-hydrogen) atoms. The molecule has 0 fully saturated rings. The molecule has 166 valence electrons. The standard InChI is InChI=1S/C29H21NO3S/c31-28-27(26(20-8-2-1-3-9-20)21-13-15-23(34)16-14-21)24-11-4-5-12-25(24)30(28)18-19-7-6-10-22(17-19)29(32)33/h1-17,34H,18H2,(H,32,33). The predicted octanol–water partition coefficient (Wildman–Crippen LogP) is 6.18. The summed E-state index contributed by atoms with van der Waals surface area (Å²) >= 11 is 4.42. The monoisotopic (exact) mass is 463 g/mol. The second kappa shape index (κ2) is 9.04. The maximum atomic E-state index is 14.0. The number of anilines is 1. The molecule has 1 N–H and O–H groups in total. The number of aromatic carboxylic acids is 1. The summed E-state index contributed by atoms with van der Waals surface area (Å²) in [6.07, 6.45) is 0. The van der Waals surface area contributed by atoms with E-state index in [1.165, 1.54) is 0 Å². The second-order valence-corrected chi connectivity index (χ2v) is 8.59. The number of carbonyl (C=O) groups is 2. The number of fused-ring (bicyclic) bond motifs is 1. The van der Waals surface area contributed by atoms with Crippen molar-refractivity contribution in [1.29, 1.82) is 0 Å². The first kappa shape index (κ1) is 21.7. The van der Waals surface area contributed by atoms with Crippen LogP contribution in [0.25, 0.3) is 11.1 Å². The lowest BCUT2D eigenvalue weighted by molar-refractivity contribution is -0.113. The molecule has 0 aliphatic carbocycles. The van der Waals surface area contributed by atoms with Gasteiger partial charge in [0.05, 0.1) is 23.4 Å². The number of carbonyl (C=O) groups excluding carboxylic acids is 1. The first-order valence-electron chi connectivity index (χ1n) is 10.9. The van der Waals surface area contributed by atoms with Crippen molar-refractivity contribution < 1.29 is 14.7 Å². The topological polar surface area (TPSA) is 57.6 Å². The lowest BCUT2D eigenvalue weighted by Gasteiger charge is -2.18. The van der Waals surface area contributed by atoms with Crippen LogP contribution < -0.4 is 4.90 Å². The molecular weight excluding hydrogens is 442 g/mol. The van der Waals surface area contributed by atoms with Gasteiger partial charge in [0, 0.05) is 16.0 Å². The number of hydrogen-bond acceptors (Lipinski definition) is 3. The largest absolute Gasteiger partial charge is 0.478 e. The van der Waals surface area contributed by atoms with Crippen molar-refractivity contribution in [1.82, 2.24) is 0 Å². The van der Waals surface area contributed by atoms with Gasteiger partial charge in [0.1, 0.15) is 0 Å². The summed E-state index contributed by atoms with van der Waals surface area (Å²) in [5, 5.41) is 9.37. The van der Waals surface area contributed by atoms with Gasteiger partial charge in [-0.15, -0.1) is 12.6 Å². The van der Waals surface area contributed by atoms with Crippen LogP contribution in [-0.4, -0.2) is 17.0 Å². The Hall–Kier alpha value is -4.09. The summed E-state index contributed by atoms with van der Waals surface area (Å²) in [5.41, 5.74) is 5.98. The van der Waals surface area contributed by atoms with Crippen molar-refractivity contribution >= 4 is 41.3 Å². The summed E-state index contributed by atoms with van der Waals surface area (Å²) in [6.45, 7) is 0.276. The molecule has 1 aliphatic heterocycles. The van der Waals surface area contributed by atoms with Crippen LogP contribution in [0.5, 0.6) is 0 Å². The molecule has 5 heteroatoms. The summed E-state index contributed by atoms with van der Waals surface area (Å²) < 4.78 is 0. The van der Waals surface area contributed by atoms with Crippen molar-refractivity contribution in [2.45, 2.75) is 11.4 Å². The van der Waals surface area contributed by atoms with Crippen molar-refractivity contribution in [3.63, 3.8) is 0 Å². The molecule has 1 amide bonds. The molecule has 5 rings (SSSR count). The molecule has 0 saturated carbocycles. The van der Waals surface area contributed by atoms with Gasteiger partial charge < -0.3 is 10.0 Å². The van der Waals surface area contributed by atoms with Crippen LogP contribution in [0.3, 0.4) is 0 Å². The van der Waals surface area contributed by atoms with Gasteiger partial charge in [-0.1, -0.05) is 72.8 Å². The Balaban J connectivity index is 1.69. The normalized spacial score (nSPS) is 14.1. The lowest BCUT2D eigenvalue weighted by Crippen LogP contribution is -2.26. The van der Waals surface area contributed by atoms with E-state index < -0.39 is 5.97 Å². The number of carboxylic acid groups (broad SMARTS) is 1. The average molecular weight is 464 g/mol. The Morgan fingerprint density at radius 2 is 1.41 bits per heavy atom. The highest BCUT2D eigenvalue weighted by Crippen LogP contribution is 2.43. The maximum Gasteiger partial charge on any atom is 0.335 e. The Morgan fingerprint density at radius 1 is 0.765 bits per heavy atom. The number of nitrogens with zero attached hydrogens (tertiary/aromatic N) is 1. The van der Waals surface area contributed by atoms with Gasteiger partial charge in [0.15, 0.2) is 0 Å². The van der Waals surface area contributed by atoms with Crippen molar-refractivity contribution in [3.05, 3.63) is 131 Å². The zero-order valence-corrected chi connectivity index (χ0v) is 19.1. The number of thiol groups is 1. The van der Waals surface area contributed by atoms with Gasteiger partial charge in [-0.3, -0.25) is 4.79 Å². The van der Waals surface area contributed by atoms with Crippen molar-refractivity contribution in [2.75, 3.05) is 4.90 Å². The highest BCUT2D eigenvalue weighted by Gasteiger charge is 2.35. The summed E-state index contributed by atoms with van der Waals surface area (Å²) in [7, 11) is 0. The van der Waals surface area contributed by atoms with Crippen molar-refractivity contribution in [3.8, 4) is 0 Å². The maximum absolute atomic E-state index is 14.0. The van der Waals surface area contributed by atoms with Gasteiger partial charge >= 0.3 is 5.97 Å². The van der Waals surface area contributed by atoms with Crippen LogP contribution >= 0.6 is 12.6 Å². The van der Waals surface area contributed by atoms with Crippen LogP contribution in [0, 0.1) is 0 Å². The average Bonchev–Trinajstić information content (AvgIpc) is 3.13. The van der Waals surface area contributed by atoms with E-state index >= 15 is 0 Å². The lowest BCUT2D eigenvalue weighted by atomic mass is 9.90. The van der Waals surface area contributed by atoms with Crippen LogP contribution in [0.2, 0.25) is 0 Å². The number of amides is 1. The molecule has 0 bridgehead atoms. The van der Waals surface area contributed by atoms with E-state index in [1.807, 2.05) is 84.9 Å². The third-order valence-electron chi connectivity index (χ3n) is 5.91. The van der Waals surface area contributed by atoms with E-state index in [0.29, 0.717) is 5.57 Å². The minimum Gasteiger partial charge on any atom is -0.478 e. The van der Waals surface area contributed by atoms with E-state index in [0.717, 1.165) is 38.4 Å². The van der Waals surface area contributed by atoms with Gasteiger partial charge in [-0.2, -0.15) is 0 Å². The zero-order chi connectivity index (χ0) is 23.7. The van der Waals surface area contributed by atoms with Gasteiger partial charge in [0.2, 0.25) is 0 Å². The fraction of sp³-hybridized carbons (Fsp3) is 0.0345. The summed E-state index contributed by atoms with van der Waals surface area (Å²) in [5.74, 6) is -1.11. The highest BCUT2D eigenvalue weighted by molar-refractivity contribution is 7.80. The van der Waals surface area contributed by atoms with Crippen molar-refractivity contribution in [2.24, 2.45) is 0 Å². The molecule has 0 spiro atoms. The van der Waals surface area contributed by atoms with Gasteiger partial charge in [-0.25, -0.2) is 4.79 Å². The molecule has 1 aliphatic rings. The fourth-order valence-electron chi connectivity index (χ4n) is 4.35. The fourth-order valence-corrected chi connectivity index (χ4v) is 4.50. The molecule has 0 radical (unpaired) electrons. The van der Waals surface area contributed by atoms with Gasteiger partial charge in [0.25, 0.3) is 5.91 Å². The van der Waals surface area contributed by atoms with Crippen LogP contribution in [0.15, 0.2) is 108 Å². The Morgan fingerprint density at radius 3 is 2.15 bits per heavy atom. The first-order chi connectivity index (χ1) is 16.5. The number of carboxylic acids is 1. The molecule has 0 unspecified atom stereocenters. The molecule has 0 aromatic heterocycles. The van der Waals surface area contributed by atoms with E-state index in [4.69, 9.17) is 0 Å². The van der Waals surface area contributed by atoms with Crippen LogP contribution in [-0.2, 0) is 11.3 Å². The van der Waals surface area contributed by atoms with Crippen LogP contribution in [0.4, 0.5) is 5.69 Å². The minimum absolute atomic E-state index is 0.115. The summed E-state index contributed by atoms with van der Waals surface area (Å²) in [4.78, 5) is 28.0. The quantitative estimate of drug-likeness (QED) is 0.275. The minimum atomic E-state index is -0.991. The zero-order valence-electron chi connectivity index (χ0n) is 18.2. The number of rotatable bonds is 5. The number of hydrogen-bond donors (Lipinski definition) is 2. The van der Waals surface area contributed by atoms with E-state index in [-0.39, 0.29) is 18.0 Å². The smallest absolute Gasteiger partial charge is 0.335 e. The van der Waals surface area contributed by atoms with Crippen LogP contribution in [0.1, 0.15) is 32.6 Å². The molecule has 0 atom stereocenters. The molecule has 1 heterocycles. The summed E-state index contributed by atoms with van der Waals surface area (Å²) in [6, 6.07) is 32.1. The molecule has 4 aromatic rings.